The van der Waals surface area contributed by atoms with Crippen molar-refractivity contribution in [3.05, 3.63) is 23.7 Å². The molecule has 1 unspecified atom stereocenters. The topological polar surface area (TPSA) is 76.7 Å². The molecule has 1 saturated heterocycles. The average molecular weight is 258 g/mol. The van der Waals surface area contributed by atoms with Crippen LogP contribution in [0.5, 0.6) is 0 Å². The van der Waals surface area contributed by atoms with E-state index in [1.807, 2.05) is 0 Å². The highest BCUT2D eigenvalue weighted by Gasteiger charge is 2.21. The molecule has 0 bridgehead atoms. The second-order valence-electron chi connectivity index (χ2n) is 3.91. The Bertz CT molecular complexity index is 419. The molecule has 0 aromatic carbocycles. The molecule has 1 fully saturated rings. The maximum atomic E-state index is 12.0. The summed E-state index contributed by atoms with van der Waals surface area (Å²) in [7, 11) is -1.02. The number of rotatable bonds is 4. The average Bonchev–Trinajstić information content (AvgIpc) is 2.79. The maximum absolute atomic E-state index is 12.0. The SMILES string of the molecule is O=C(O)c1ccc(CS(=O)C2CCOCC2)o1. The van der Waals surface area contributed by atoms with E-state index in [0.29, 0.717) is 19.0 Å². The van der Waals surface area contributed by atoms with Crippen LogP contribution >= 0.6 is 0 Å². The summed E-state index contributed by atoms with van der Waals surface area (Å²) in [6.07, 6.45) is 1.58. The molecule has 0 aliphatic carbocycles. The first-order chi connectivity index (χ1) is 8.16. The van der Waals surface area contributed by atoms with Crippen LogP contribution in [0, 0.1) is 0 Å². The van der Waals surface area contributed by atoms with Gasteiger partial charge in [0.25, 0.3) is 0 Å². The third kappa shape index (κ3) is 3.17. The predicted molar refractivity (Wildman–Crippen MR) is 61.4 cm³/mol. The van der Waals surface area contributed by atoms with Crippen molar-refractivity contribution in [3.63, 3.8) is 0 Å². The van der Waals surface area contributed by atoms with Crippen molar-refractivity contribution in [3.8, 4) is 0 Å². The molecule has 6 heteroatoms. The zero-order valence-corrected chi connectivity index (χ0v) is 10.1. The first kappa shape index (κ1) is 12.3. The zero-order valence-electron chi connectivity index (χ0n) is 9.26. The summed E-state index contributed by atoms with van der Waals surface area (Å²) in [5.74, 6) is -0.470. The molecule has 1 atom stereocenters. The third-order valence-corrected chi connectivity index (χ3v) is 4.48. The van der Waals surface area contributed by atoms with Crippen molar-refractivity contribution in [2.45, 2.75) is 23.8 Å². The van der Waals surface area contributed by atoms with Gasteiger partial charge < -0.3 is 14.3 Å². The van der Waals surface area contributed by atoms with Crippen LogP contribution < -0.4 is 0 Å². The van der Waals surface area contributed by atoms with Gasteiger partial charge in [-0.1, -0.05) is 0 Å². The molecule has 0 saturated carbocycles. The van der Waals surface area contributed by atoms with E-state index in [2.05, 4.69) is 0 Å². The molecule has 2 rings (SSSR count). The summed E-state index contributed by atoms with van der Waals surface area (Å²) in [6.45, 7) is 1.30. The Kier molecular flexibility index (Phi) is 3.96. The number of ether oxygens (including phenoxy) is 1. The molecule has 0 spiro atoms. The number of aromatic carboxylic acids is 1. The lowest BCUT2D eigenvalue weighted by molar-refractivity contribution is 0.0661. The fourth-order valence-corrected chi connectivity index (χ4v) is 3.16. The van der Waals surface area contributed by atoms with Crippen LogP contribution in [0.15, 0.2) is 16.5 Å². The Morgan fingerprint density at radius 1 is 1.41 bits per heavy atom. The van der Waals surface area contributed by atoms with Gasteiger partial charge in [-0.2, -0.15) is 0 Å². The van der Waals surface area contributed by atoms with Crippen LogP contribution in [-0.4, -0.2) is 33.7 Å². The van der Waals surface area contributed by atoms with Gasteiger partial charge in [0.15, 0.2) is 0 Å². The molecule has 0 radical (unpaired) electrons. The molecule has 17 heavy (non-hydrogen) atoms. The smallest absolute Gasteiger partial charge is 0.371 e. The van der Waals surface area contributed by atoms with Gasteiger partial charge in [-0.05, 0) is 25.0 Å². The molecule has 1 aliphatic rings. The van der Waals surface area contributed by atoms with Gasteiger partial charge in [-0.25, -0.2) is 4.79 Å². The minimum absolute atomic E-state index is 0.107. The number of carboxylic acid groups (broad SMARTS) is 1. The number of hydrogen-bond acceptors (Lipinski definition) is 4. The highest BCUT2D eigenvalue weighted by Crippen LogP contribution is 2.18. The number of furan rings is 1. The van der Waals surface area contributed by atoms with Gasteiger partial charge in [0.1, 0.15) is 5.76 Å². The van der Waals surface area contributed by atoms with Gasteiger partial charge in [-0.15, -0.1) is 0 Å². The number of hydrogen-bond donors (Lipinski definition) is 1. The molecule has 2 heterocycles. The first-order valence-corrected chi connectivity index (χ1v) is 6.82. The van der Waals surface area contributed by atoms with Gasteiger partial charge in [0.05, 0.1) is 5.75 Å². The minimum atomic E-state index is -1.10. The summed E-state index contributed by atoms with van der Waals surface area (Å²) in [5.41, 5.74) is 0. The zero-order chi connectivity index (χ0) is 12.3. The highest BCUT2D eigenvalue weighted by molar-refractivity contribution is 7.84. The van der Waals surface area contributed by atoms with Crippen molar-refractivity contribution >= 4 is 16.8 Å². The molecule has 1 aliphatic heterocycles. The Balaban J connectivity index is 1.94. The third-order valence-electron chi connectivity index (χ3n) is 2.70. The van der Waals surface area contributed by atoms with Crippen LogP contribution in [-0.2, 0) is 21.3 Å². The molecule has 1 N–H and O–H groups in total. The Morgan fingerprint density at radius 3 is 2.71 bits per heavy atom. The van der Waals surface area contributed by atoms with Crippen molar-refractivity contribution < 1.29 is 23.3 Å². The quantitative estimate of drug-likeness (QED) is 0.883. The second-order valence-corrected chi connectivity index (χ2v) is 5.62. The molecular weight excluding hydrogens is 244 g/mol. The monoisotopic (exact) mass is 258 g/mol. The van der Waals surface area contributed by atoms with Crippen LogP contribution in [0.2, 0.25) is 0 Å². The van der Waals surface area contributed by atoms with E-state index in [4.69, 9.17) is 14.3 Å². The van der Waals surface area contributed by atoms with E-state index in [1.165, 1.54) is 6.07 Å². The Hall–Kier alpha value is -1.14. The van der Waals surface area contributed by atoms with E-state index in [0.717, 1.165) is 12.8 Å². The van der Waals surface area contributed by atoms with Crippen molar-refractivity contribution in [1.29, 1.82) is 0 Å². The molecule has 94 valence electrons. The minimum Gasteiger partial charge on any atom is -0.475 e. The van der Waals surface area contributed by atoms with Gasteiger partial charge in [0, 0.05) is 29.3 Å². The van der Waals surface area contributed by atoms with E-state index in [9.17, 15) is 9.00 Å². The largest absolute Gasteiger partial charge is 0.475 e. The van der Waals surface area contributed by atoms with E-state index >= 15 is 0 Å². The highest BCUT2D eigenvalue weighted by atomic mass is 32.2. The maximum Gasteiger partial charge on any atom is 0.371 e. The summed E-state index contributed by atoms with van der Waals surface area (Å²) < 4.78 is 22.3. The van der Waals surface area contributed by atoms with Gasteiger partial charge in [0.2, 0.25) is 5.76 Å². The van der Waals surface area contributed by atoms with Gasteiger partial charge >= 0.3 is 5.97 Å². The van der Waals surface area contributed by atoms with E-state index < -0.39 is 16.8 Å². The molecule has 1 aromatic heterocycles. The number of carboxylic acids is 1. The summed E-state index contributed by atoms with van der Waals surface area (Å²) in [5, 5.41) is 8.82. The molecule has 1 aromatic rings. The van der Waals surface area contributed by atoms with E-state index in [1.54, 1.807) is 6.07 Å². The molecular formula is C11H14O5S. The lowest BCUT2D eigenvalue weighted by Crippen LogP contribution is -2.25. The fourth-order valence-electron chi connectivity index (χ4n) is 1.77. The standard InChI is InChI=1S/C11H14O5S/c12-11(13)10-2-1-8(16-10)7-17(14)9-3-5-15-6-4-9/h1-2,9H,3-7H2,(H,12,13). The Labute approximate surface area is 101 Å². The van der Waals surface area contributed by atoms with Crippen LogP contribution in [0.3, 0.4) is 0 Å². The molecule has 5 nitrogen and oxygen atoms in total. The summed E-state index contributed by atoms with van der Waals surface area (Å²) in [4.78, 5) is 10.6. The van der Waals surface area contributed by atoms with Crippen molar-refractivity contribution in [2.75, 3.05) is 13.2 Å². The van der Waals surface area contributed by atoms with E-state index in [-0.39, 0.29) is 16.8 Å². The summed E-state index contributed by atoms with van der Waals surface area (Å²) in [6, 6.07) is 2.96. The summed E-state index contributed by atoms with van der Waals surface area (Å²) >= 11 is 0. The lowest BCUT2D eigenvalue weighted by Gasteiger charge is -2.20. The molecule has 0 amide bonds. The van der Waals surface area contributed by atoms with Crippen molar-refractivity contribution in [1.82, 2.24) is 0 Å². The first-order valence-electron chi connectivity index (χ1n) is 5.44. The normalized spacial score (nSPS) is 19.1. The van der Waals surface area contributed by atoms with Crippen LogP contribution in [0.25, 0.3) is 0 Å². The van der Waals surface area contributed by atoms with Crippen LogP contribution in [0.1, 0.15) is 29.2 Å². The van der Waals surface area contributed by atoms with Crippen molar-refractivity contribution in [2.24, 2.45) is 0 Å². The fraction of sp³-hybridized carbons (Fsp3) is 0.545. The van der Waals surface area contributed by atoms with Crippen LogP contribution in [0.4, 0.5) is 0 Å². The lowest BCUT2D eigenvalue weighted by atomic mass is 10.2. The number of carbonyl (C=O) groups is 1. The van der Waals surface area contributed by atoms with Gasteiger partial charge in [-0.3, -0.25) is 4.21 Å². The second kappa shape index (κ2) is 5.46. The predicted octanol–water partition coefficient (Wildman–Crippen LogP) is 1.41. The Morgan fingerprint density at radius 2 is 2.12 bits per heavy atom.